The molecule has 0 bridgehead atoms. The summed E-state index contributed by atoms with van der Waals surface area (Å²) in [6, 6.07) is 11.6. The second-order valence-corrected chi connectivity index (χ2v) is 5.25. The standard InChI is InChI=1S/C15H14BrNO3/c16-11-3-6-13(14(19)9-11)15(20)17-8-7-10-1-4-12(18)5-2-10/h1-6,9,18-19H,7-8H2,(H,17,20). The molecule has 3 N–H and O–H groups in total. The number of phenols is 2. The van der Waals surface area contributed by atoms with E-state index in [1.807, 2.05) is 0 Å². The van der Waals surface area contributed by atoms with E-state index in [9.17, 15) is 15.0 Å². The zero-order valence-electron chi connectivity index (χ0n) is 10.6. The predicted molar refractivity (Wildman–Crippen MR) is 80.0 cm³/mol. The predicted octanol–water partition coefficient (Wildman–Crippen LogP) is 2.83. The quantitative estimate of drug-likeness (QED) is 0.804. The molecule has 0 unspecified atom stereocenters. The average Bonchev–Trinajstić information content (AvgIpc) is 2.41. The van der Waals surface area contributed by atoms with Gasteiger partial charge in [-0.3, -0.25) is 4.79 Å². The largest absolute Gasteiger partial charge is 0.508 e. The van der Waals surface area contributed by atoms with E-state index in [4.69, 9.17) is 0 Å². The van der Waals surface area contributed by atoms with Crippen molar-refractivity contribution in [3.8, 4) is 11.5 Å². The van der Waals surface area contributed by atoms with Crippen LogP contribution in [0.1, 0.15) is 15.9 Å². The van der Waals surface area contributed by atoms with Crippen molar-refractivity contribution in [3.05, 3.63) is 58.1 Å². The molecule has 0 atom stereocenters. The van der Waals surface area contributed by atoms with E-state index in [1.54, 1.807) is 36.4 Å². The number of halogens is 1. The molecule has 0 fully saturated rings. The summed E-state index contributed by atoms with van der Waals surface area (Å²) in [5.74, 6) is -0.146. The molecule has 2 aromatic carbocycles. The van der Waals surface area contributed by atoms with Gasteiger partial charge in [0.25, 0.3) is 5.91 Å². The molecule has 0 saturated heterocycles. The highest BCUT2D eigenvalue weighted by molar-refractivity contribution is 9.10. The molecule has 0 radical (unpaired) electrons. The third-order valence-electron chi connectivity index (χ3n) is 2.84. The van der Waals surface area contributed by atoms with Crippen molar-refractivity contribution in [1.29, 1.82) is 0 Å². The Morgan fingerprint density at radius 2 is 1.80 bits per heavy atom. The molecule has 2 aromatic rings. The van der Waals surface area contributed by atoms with Gasteiger partial charge in [-0.2, -0.15) is 0 Å². The first-order valence-electron chi connectivity index (χ1n) is 6.11. The van der Waals surface area contributed by atoms with E-state index < -0.39 is 0 Å². The molecular weight excluding hydrogens is 322 g/mol. The first kappa shape index (κ1) is 14.4. The molecule has 0 saturated carbocycles. The van der Waals surface area contributed by atoms with Crippen molar-refractivity contribution in [2.45, 2.75) is 6.42 Å². The maximum atomic E-state index is 11.9. The van der Waals surface area contributed by atoms with Gasteiger partial charge in [0.1, 0.15) is 11.5 Å². The zero-order chi connectivity index (χ0) is 14.5. The van der Waals surface area contributed by atoms with Crippen molar-refractivity contribution in [1.82, 2.24) is 5.32 Å². The van der Waals surface area contributed by atoms with E-state index in [2.05, 4.69) is 21.2 Å². The first-order chi connectivity index (χ1) is 9.56. The van der Waals surface area contributed by atoms with Crippen molar-refractivity contribution in [2.75, 3.05) is 6.54 Å². The minimum absolute atomic E-state index is 0.0542. The smallest absolute Gasteiger partial charge is 0.255 e. The maximum absolute atomic E-state index is 11.9. The van der Waals surface area contributed by atoms with Gasteiger partial charge < -0.3 is 15.5 Å². The van der Waals surface area contributed by atoms with Crippen LogP contribution in [0.2, 0.25) is 0 Å². The summed E-state index contributed by atoms with van der Waals surface area (Å²) in [5.41, 5.74) is 1.27. The van der Waals surface area contributed by atoms with E-state index in [1.165, 1.54) is 6.07 Å². The van der Waals surface area contributed by atoms with E-state index in [-0.39, 0.29) is 23.0 Å². The normalized spacial score (nSPS) is 10.2. The van der Waals surface area contributed by atoms with Gasteiger partial charge in [0, 0.05) is 11.0 Å². The minimum atomic E-state index is -0.311. The Kier molecular flexibility index (Phi) is 4.63. The van der Waals surface area contributed by atoms with E-state index >= 15 is 0 Å². The van der Waals surface area contributed by atoms with Crippen LogP contribution in [0.4, 0.5) is 0 Å². The summed E-state index contributed by atoms with van der Waals surface area (Å²) < 4.78 is 0.718. The molecule has 4 nitrogen and oxygen atoms in total. The van der Waals surface area contributed by atoms with Crippen LogP contribution in [-0.4, -0.2) is 22.7 Å². The number of amides is 1. The highest BCUT2D eigenvalue weighted by Crippen LogP contribution is 2.22. The summed E-state index contributed by atoms with van der Waals surface area (Å²) in [4.78, 5) is 11.9. The lowest BCUT2D eigenvalue weighted by Crippen LogP contribution is -2.25. The van der Waals surface area contributed by atoms with Gasteiger partial charge >= 0.3 is 0 Å². The third kappa shape index (κ3) is 3.74. The van der Waals surface area contributed by atoms with Crippen LogP contribution in [0, 0.1) is 0 Å². The van der Waals surface area contributed by atoms with E-state index in [0.717, 1.165) is 10.0 Å². The van der Waals surface area contributed by atoms with Gasteiger partial charge in [0.15, 0.2) is 0 Å². The van der Waals surface area contributed by atoms with Crippen molar-refractivity contribution >= 4 is 21.8 Å². The van der Waals surface area contributed by atoms with Gasteiger partial charge in [-0.1, -0.05) is 28.1 Å². The van der Waals surface area contributed by atoms with Gasteiger partial charge in [0.05, 0.1) is 5.56 Å². The molecule has 0 aliphatic carbocycles. The van der Waals surface area contributed by atoms with Gasteiger partial charge in [-0.05, 0) is 42.3 Å². The van der Waals surface area contributed by atoms with Crippen LogP contribution in [0.5, 0.6) is 11.5 Å². The number of phenolic OH excluding ortho intramolecular Hbond substituents is 2. The number of hydrogen-bond donors (Lipinski definition) is 3. The molecular formula is C15H14BrNO3. The molecule has 0 spiro atoms. The Bertz CT molecular complexity index is 611. The Morgan fingerprint density at radius 3 is 2.45 bits per heavy atom. The topological polar surface area (TPSA) is 69.6 Å². The highest BCUT2D eigenvalue weighted by atomic mass is 79.9. The van der Waals surface area contributed by atoms with Crippen LogP contribution in [0.25, 0.3) is 0 Å². The van der Waals surface area contributed by atoms with Gasteiger partial charge in [-0.15, -0.1) is 0 Å². The van der Waals surface area contributed by atoms with Crippen molar-refractivity contribution in [3.63, 3.8) is 0 Å². The molecule has 20 heavy (non-hydrogen) atoms. The highest BCUT2D eigenvalue weighted by Gasteiger charge is 2.10. The third-order valence-corrected chi connectivity index (χ3v) is 3.33. The maximum Gasteiger partial charge on any atom is 0.255 e. The second kappa shape index (κ2) is 6.43. The molecule has 0 aliphatic rings. The summed E-state index contributed by atoms with van der Waals surface area (Å²) in [7, 11) is 0. The summed E-state index contributed by atoms with van der Waals surface area (Å²) in [6.45, 7) is 0.457. The van der Waals surface area contributed by atoms with Gasteiger partial charge in [-0.25, -0.2) is 0 Å². The Morgan fingerprint density at radius 1 is 1.10 bits per heavy atom. The Hall–Kier alpha value is -2.01. The molecule has 2 rings (SSSR count). The summed E-state index contributed by atoms with van der Waals surface area (Å²) >= 11 is 3.22. The van der Waals surface area contributed by atoms with E-state index in [0.29, 0.717) is 13.0 Å². The van der Waals surface area contributed by atoms with Crippen LogP contribution < -0.4 is 5.32 Å². The van der Waals surface area contributed by atoms with Gasteiger partial charge in [0.2, 0.25) is 0 Å². The van der Waals surface area contributed by atoms with Crippen LogP contribution >= 0.6 is 15.9 Å². The average molecular weight is 336 g/mol. The number of aromatic hydroxyl groups is 2. The summed E-state index contributed by atoms with van der Waals surface area (Å²) in [6.07, 6.45) is 0.656. The fourth-order valence-electron chi connectivity index (χ4n) is 1.78. The summed E-state index contributed by atoms with van der Waals surface area (Å²) in [5, 5.41) is 21.6. The number of carbonyl (C=O) groups is 1. The Labute approximate surface area is 125 Å². The zero-order valence-corrected chi connectivity index (χ0v) is 12.2. The SMILES string of the molecule is O=C(NCCc1ccc(O)cc1)c1ccc(Br)cc1O. The van der Waals surface area contributed by atoms with Crippen LogP contribution in [-0.2, 0) is 6.42 Å². The fraction of sp³-hybridized carbons (Fsp3) is 0.133. The molecule has 0 aromatic heterocycles. The van der Waals surface area contributed by atoms with Crippen molar-refractivity contribution < 1.29 is 15.0 Å². The molecule has 0 heterocycles. The molecule has 0 aliphatic heterocycles. The number of hydrogen-bond acceptors (Lipinski definition) is 3. The van der Waals surface area contributed by atoms with Crippen LogP contribution in [0.15, 0.2) is 46.9 Å². The molecule has 104 valence electrons. The van der Waals surface area contributed by atoms with Crippen LogP contribution in [0.3, 0.4) is 0 Å². The minimum Gasteiger partial charge on any atom is -0.508 e. The number of benzene rings is 2. The second-order valence-electron chi connectivity index (χ2n) is 4.33. The Balaban J connectivity index is 1.90. The van der Waals surface area contributed by atoms with Crippen molar-refractivity contribution in [2.24, 2.45) is 0 Å². The monoisotopic (exact) mass is 335 g/mol. The number of nitrogens with one attached hydrogen (secondary N) is 1. The lowest BCUT2D eigenvalue weighted by Gasteiger charge is -2.07. The lowest BCUT2D eigenvalue weighted by molar-refractivity contribution is 0.0951. The number of rotatable bonds is 4. The number of carbonyl (C=O) groups excluding carboxylic acids is 1. The molecule has 1 amide bonds. The first-order valence-corrected chi connectivity index (χ1v) is 6.90. The lowest BCUT2D eigenvalue weighted by atomic mass is 10.1. The molecule has 5 heteroatoms. The fourth-order valence-corrected chi connectivity index (χ4v) is 2.12.